The molecule has 0 aliphatic rings. The van der Waals surface area contributed by atoms with Crippen molar-refractivity contribution in [2.75, 3.05) is 26.9 Å². The zero-order valence-electron chi connectivity index (χ0n) is 13.5. The first-order valence-corrected chi connectivity index (χ1v) is 8.29. The van der Waals surface area contributed by atoms with Crippen molar-refractivity contribution in [1.82, 2.24) is 15.3 Å². The second kappa shape index (κ2) is 8.19. The van der Waals surface area contributed by atoms with Gasteiger partial charge in [0.2, 0.25) is 0 Å². The van der Waals surface area contributed by atoms with Crippen molar-refractivity contribution >= 4 is 27.5 Å². The molecule has 2 aromatic heterocycles. The molecular formula is C15H21N3O4S. The summed E-state index contributed by atoms with van der Waals surface area (Å²) in [6, 6.07) is 0. The predicted molar refractivity (Wildman–Crippen MR) is 89.1 cm³/mol. The average Bonchev–Trinajstić information content (AvgIpc) is 2.85. The van der Waals surface area contributed by atoms with Crippen LogP contribution in [0, 0.1) is 6.92 Å². The second-order valence-corrected chi connectivity index (χ2v) is 5.99. The first-order chi connectivity index (χ1) is 11.1. The van der Waals surface area contributed by atoms with Crippen LogP contribution >= 0.6 is 11.3 Å². The van der Waals surface area contributed by atoms with Gasteiger partial charge >= 0.3 is 5.97 Å². The molecule has 7 nitrogen and oxygen atoms in total. The Kier molecular flexibility index (Phi) is 6.26. The average molecular weight is 339 g/mol. The molecule has 2 rings (SSSR count). The molecule has 0 aliphatic heterocycles. The summed E-state index contributed by atoms with van der Waals surface area (Å²) in [5.74, 6) is 0.142. The largest absolute Gasteiger partial charge is 0.462 e. The predicted octanol–water partition coefficient (Wildman–Crippen LogP) is 1.60. The number of esters is 1. The minimum Gasteiger partial charge on any atom is -0.462 e. The van der Waals surface area contributed by atoms with Crippen LogP contribution < -0.4 is 10.9 Å². The number of nitrogens with zero attached hydrogens (tertiary/aromatic N) is 1. The Bertz CT molecular complexity index is 738. The molecule has 0 radical (unpaired) electrons. The molecule has 2 N–H and O–H groups in total. The van der Waals surface area contributed by atoms with Gasteiger partial charge in [0.25, 0.3) is 5.56 Å². The Hall–Kier alpha value is -1.77. The summed E-state index contributed by atoms with van der Waals surface area (Å²) >= 11 is 1.19. The van der Waals surface area contributed by atoms with Gasteiger partial charge in [0.15, 0.2) is 0 Å². The number of carbonyl (C=O) groups excluding carboxylic acids is 1. The van der Waals surface area contributed by atoms with Crippen molar-refractivity contribution in [2.45, 2.75) is 26.8 Å². The van der Waals surface area contributed by atoms with E-state index in [0.29, 0.717) is 46.2 Å². The van der Waals surface area contributed by atoms with E-state index in [9.17, 15) is 9.59 Å². The monoisotopic (exact) mass is 339 g/mol. The minimum atomic E-state index is -0.411. The zero-order chi connectivity index (χ0) is 16.8. The highest BCUT2D eigenvalue weighted by Gasteiger charge is 2.19. The first-order valence-electron chi connectivity index (χ1n) is 7.47. The van der Waals surface area contributed by atoms with Crippen molar-refractivity contribution < 1.29 is 14.3 Å². The smallest absolute Gasteiger partial charge is 0.348 e. The van der Waals surface area contributed by atoms with Gasteiger partial charge in [-0.1, -0.05) is 0 Å². The summed E-state index contributed by atoms with van der Waals surface area (Å²) in [6.45, 7) is 5.70. The maximum Gasteiger partial charge on any atom is 0.348 e. The molecule has 0 fully saturated rings. The summed E-state index contributed by atoms with van der Waals surface area (Å²) in [6.07, 6.45) is 0.883. The Morgan fingerprint density at radius 1 is 1.43 bits per heavy atom. The molecule has 0 unspecified atom stereocenters. The molecule has 0 aliphatic carbocycles. The van der Waals surface area contributed by atoms with Crippen molar-refractivity contribution in [2.24, 2.45) is 0 Å². The molecule has 126 valence electrons. The van der Waals surface area contributed by atoms with E-state index in [-0.39, 0.29) is 5.56 Å². The number of methoxy groups -OCH3 is 1. The van der Waals surface area contributed by atoms with Crippen LogP contribution in [0.5, 0.6) is 0 Å². The van der Waals surface area contributed by atoms with Crippen molar-refractivity contribution in [3.05, 3.63) is 26.6 Å². The third kappa shape index (κ3) is 4.15. The Morgan fingerprint density at radius 3 is 2.91 bits per heavy atom. The highest BCUT2D eigenvalue weighted by atomic mass is 32.1. The third-order valence-electron chi connectivity index (χ3n) is 3.30. The number of ether oxygens (including phenoxy) is 2. The van der Waals surface area contributed by atoms with Gasteiger partial charge in [-0.2, -0.15) is 0 Å². The molecule has 0 saturated heterocycles. The normalized spacial score (nSPS) is 11.1. The highest BCUT2D eigenvalue weighted by Crippen LogP contribution is 2.27. The topological polar surface area (TPSA) is 93.3 Å². The number of aromatic nitrogens is 2. The van der Waals surface area contributed by atoms with Crippen molar-refractivity contribution in [3.63, 3.8) is 0 Å². The van der Waals surface area contributed by atoms with E-state index in [4.69, 9.17) is 9.47 Å². The molecule has 2 aromatic rings. The lowest BCUT2D eigenvalue weighted by Gasteiger charge is -2.04. The summed E-state index contributed by atoms with van der Waals surface area (Å²) in [5, 5.41) is 3.65. The number of H-pyrrole nitrogens is 1. The number of thiophene rings is 1. The number of fused-ring (bicyclic) bond motifs is 1. The molecule has 2 heterocycles. The number of hydrogen-bond donors (Lipinski definition) is 2. The van der Waals surface area contributed by atoms with E-state index in [2.05, 4.69) is 15.3 Å². The van der Waals surface area contributed by atoms with Crippen LogP contribution in [0.4, 0.5) is 0 Å². The van der Waals surface area contributed by atoms with Crippen LogP contribution in [-0.2, 0) is 16.0 Å². The summed E-state index contributed by atoms with van der Waals surface area (Å²) in [5.41, 5.74) is 0.393. The van der Waals surface area contributed by atoms with E-state index < -0.39 is 5.97 Å². The number of aryl methyl sites for hydroxylation is 1. The highest BCUT2D eigenvalue weighted by molar-refractivity contribution is 7.20. The number of hydrogen-bond acceptors (Lipinski definition) is 7. The van der Waals surface area contributed by atoms with Crippen LogP contribution in [-0.4, -0.2) is 42.8 Å². The maximum atomic E-state index is 12.3. The van der Waals surface area contributed by atoms with E-state index in [1.54, 1.807) is 21.0 Å². The fraction of sp³-hybridized carbons (Fsp3) is 0.533. The number of nitrogens with one attached hydrogen (secondary N) is 2. The molecule has 0 aromatic carbocycles. The molecular weight excluding hydrogens is 318 g/mol. The zero-order valence-corrected chi connectivity index (χ0v) is 14.3. The fourth-order valence-electron chi connectivity index (χ4n) is 2.21. The third-order valence-corrected chi connectivity index (χ3v) is 4.47. The van der Waals surface area contributed by atoms with E-state index in [1.807, 2.05) is 0 Å². The quantitative estimate of drug-likeness (QED) is 0.560. The van der Waals surface area contributed by atoms with Gasteiger partial charge in [0.1, 0.15) is 15.5 Å². The van der Waals surface area contributed by atoms with Crippen LogP contribution in [0.25, 0.3) is 10.2 Å². The van der Waals surface area contributed by atoms with Gasteiger partial charge in [-0.3, -0.25) is 4.79 Å². The minimum absolute atomic E-state index is 0.229. The summed E-state index contributed by atoms with van der Waals surface area (Å²) < 4.78 is 9.99. The molecule has 0 amide bonds. The lowest BCUT2D eigenvalue weighted by atomic mass is 10.2. The van der Waals surface area contributed by atoms with E-state index in [1.165, 1.54) is 11.3 Å². The van der Waals surface area contributed by atoms with E-state index in [0.717, 1.165) is 13.0 Å². The Balaban J connectivity index is 2.21. The molecule has 23 heavy (non-hydrogen) atoms. The Labute approximate surface area is 138 Å². The van der Waals surface area contributed by atoms with Crippen LogP contribution in [0.2, 0.25) is 0 Å². The fourth-order valence-corrected chi connectivity index (χ4v) is 3.31. The Morgan fingerprint density at radius 2 is 2.22 bits per heavy atom. The standard InChI is InChI=1S/C15H21N3O4S/c1-4-22-15(20)12-9(2)11-13(19)17-10(18-14(11)23-12)8-16-6-5-7-21-3/h16H,4-8H2,1-3H3,(H,17,18,19). The SMILES string of the molecule is CCOC(=O)c1sc2nc(CNCCCOC)[nH]c(=O)c2c1C. The van der Waals surface area contributed by atoms with Gasteiger partial charge in [0, 0.05) is 13.7 Å². The number of aromatic amines is 1. The molecule has 0 spiro atoms. The second-order valence-electron chi connectivity index (χ2n) is 4.99. The van der Waals surface area contributed by atoms with Gasteiger partial charge in [-0.05, 0) is 32.4 Å². The first kappa shape index (κ1) is 17.6. The molecule has 8 heteroatoms. The molecule has 0 saturated carbocycles. The van der Waals surface area contributed by atoms with Crippen molar-refractivity contribution in [1.29, 1.82) is 0 Å². The summed E-state index contributed by atoms with van der Waals surface area (Å²) in [7, 11) is 1.66. The number of carbonyl (C=O) groups is 1. The van der Waals surface area contributed by atoms with Crippen LogP contribution in [0.1, 0.15) is 34.4 Å². The van der Waals surface area contributed by atoms with Gasteiger partial charge in [-0.25, -0.2) is 9.78 Å². The molecule has 0 bridgehead atoms. The van der Waals surface area contributed by atoms with Crippen LogP contribution in [0.15, 0.2) is 4.79 Å². The van der Waals surface area contributed by atoms with Gasteiger partial charge in [0.05, 0.1) is 18.5 Å². The lowest BCUT2D eigenvalue weighted by molar-refractivity contribution is 0.0531. The van der Waals surface area contributed by atoms with Crippen LogP contribution in [0.3, 0.4) is 0 Å². The number of rotatable bonds is 8. The lowest BCUT2D eigenvalue weighted by Crippen LogP contribution is -2.21. The molecule has 0 atom stereocenters. The summed E-state index contributed by atoms with van der Waals surface area (Å²) in [4.78, 5) is 32.4. The maximum absolute atomic E-state index is 12.3. The van der Waals surface area contributed by atoms with Gasteiger partial charge < -0.3 is 19.8 Å². The van der Waals surface area contributed by atoms with E-state index >= 15 is 0 Å². The van der Waals surface area contributed by atoms with Crippen molar-refractivity contribution in [3.8, 4) is 0 Å². The van der Waals surface area contributed by atoms with Gasteiger partial charge in [-0.15, -0.1) is 11.3 Å².